The normalized spacial score (nSPS) is 11.0. The Hall–Kier alpha value is -3.21. The second-order valence-electron chi connectivity index (χ2n) is 6.48. The highest BCUT2D eigenvalue weighted by atomic mass is 15.1. The van der Waals surface area contributed by atoms with Crippen molar-refractivity contribution in [3.63, 3.8) is 0 Å². The van der Waals surface area contributed by atoms with E-state index in [1.54, 1.807) is 12.4 Å². The van der Waals surface area contributed by atoms with Gasteiger partial charge in [0.25, 0.3) is 0 Å². The molecule has 0 unspecified atom stereocenters. The van der Waals surface area contributed by atoms with Crippen LogP contribution in [0.3, 0.4) is 0 Å². The summed E-state index contributed by atoms with van der Waals surface area (Å²) in [4.78, 5) is 17.1. The summed E-state index contributed by atoms with van der Waals surface area (Å²) in [5, 5.41) is 4.45. The van der Waals surface area contributed by atoms with Gasteiger partial charge < -0.3 is 10.3 Å². The zero-order valence-corrected chi connectivity index (χ0v) is 15.2. The van der Waals surface area contributed by atoms with Crippen LogP contribution in [0.1, 0.15) is 23.7 Å². The molecule has 0 fully saturated rings. The molecule has 0 saturated carbocycles. The number of hydrogen-bond acceptors (Lipinski definition) is 4. The highest BCUT2D eigenvalue weighted by Gasteiger charge is 2.11. The van der Waals surface area contributed by atoms with Gasteiger partial charge in [0, 0.05) is 29.0 Å². The fourth-order valence-electron chi connectivity index (χ4n) is 3.13. The van der Waals surface area contributed by atoms with Crippen LogP contribution < -0.4 is 5.32 Å². The molecule has 0 saturated heterocycles. The highest BCUT2D eigenvalue weighted by molar-refractivity contribution is 5.92. The summed E-state index contributed by atoms with van der Waals surface area (Å²) < 4.78 is 0. The Morgan fingerprint density at radius 3 is 2.54 bits per heavy atom. The fourth-order valence-corrected chi connectivity index (χ4v) is 3.13. The molecule has 5 heteroatoms. The average molecular weight is 343 g/mol. The second kappa shape index (κ2) is 6.59. The number of aromatic amines is 1. The molecule has 4 aromatic rings. The van der Waals surface area contributed by atoms with E-state index in [9.17, 15) is 0 Å². The number of aryl methyl sites for hydroxylation is 3. The predicted octanol–water partition coefficient (Wildman–Crippen LogP) is 4.94. The molecule has 5 nitrogen and oxygen atoms in total. The van der Waals surface area contributed by atoms with E-state index in [0.717, 1.165) is 34.5 Å². The number of pyridine rings is 1. The number of aromatic nitrogens is 4. The summed E-state index contributed by atoms with van der Waals surface area (Å²) >= 11 is 0. The first-order valence-corrected chi connectivity index (χ1v) is 8.78. The van der Waals surface area contributed by atoms with E-state index in [1.165, 1.54) is 16.8 Å². The lowest BCUT2D eigenvalue weighted by molar-refractivity contribution is 1.04. The molecular weight excluding hydrogens is 322 g/mol. The molecule has 3 aromatic heterocycles. The van der Waals surface area contributed by atoms with Crippen LogP contribution in [0.25, 0.3) is 22.3 Å². The minimum absolute atomic E-state index is 0.687. The Morgan fingerprint density at radius 2 is 1.81 bits per heavy atom. The van der Waals surface area contributed by atoms with Crippen LogP contribution in [-0.4, -0.2) is 19.9 Å². The van der Waals surface area contributed by atoms with Crippen molar-refractivity contribution in [2.75, 3.05) is 5.32 Å². The van der Waals surface area contributed by atoms with Crippen molar-refractivity contribution in [1.82, 2.24) is 19.9 Å². The number of hydrogen-bond donors (Lipinski definition) is 2. The van der Waals surface area contributed by atoms with Crippen molar-refractivity contribution in [2.45, 2.75) is 27.2 Å². The maximum absolute atomic E-state index is 4.79. The Labute approximate surface area is 152 Å². The first kappa shape index (κ1) is 16.3. The Morgan fingerprint density at radius 1 is 1.00 bits per heavy atom. The highest BCUT2D eigenvalue weighted by Crippen LogP contribution is 2.28. The zero-order chi connectivity index (χ0) is 18.1. The first-order valence-electron chi connectivity index (χ1n) is 8.78. The summed E-state index contributed by atoms with van der Waals surface area (Å²) in [5.74, 6) is 2.43. The van der Waals surface area contributed by atoms with E-state index < -0.39 is 0 Å². The third-order valence-corrected chi connectivity index (χ3v) is 4.52. The van der Waals surface area contributed by atoms with E-state index in [1.807, 2.05) is 12.1 Å². The van der Waals surface area contributed by atoms with E-state index in [2.05, 4.69) is 60.3 Å². The predicted molar refractivity (Wildman–Crippen MR) is 106 cm³/mol. The summed E-state index contributed by atoms with van der Waals surface area (Å²) in [6.07, 6.45) is 4.49. The summed E-state index contributed by atoms with van der Waals surface area (Å²) in [6.45, 7) is 6.33. The minimum atomic E-state index is 0.687. The fraction of sp³-hybridized carbons (Fsp3) is 0.190. The molecule has 0 radical (unpaired) electrons. The van der Waals surface area contributed by atoms with Crippen LogP contribution in [0, 0.1) is 13.8 Å². The number of anilines is 2. The van der Waals surface area contributed by atoms with Crippen molar-refractivity contribution in [3.05, 3.63) is 65.6 Å². The second-order valence-corrected chi connectivity index (χ2v) is 6.48. The van der Waals surface area contributed by atoms with Gasteiger partial charge in [0.1, 0.15) is 11.6 Å². The lowest BCUT2D eigenvalue weighted by Gasteiger charge is -2.10. The average Bonchev–Trinajstić information content (AvgIpc) is 3.01. The van der Waals surface area contributed by atoms with E-state index >= 15 is 0 Å². The van der Waals surface area contributed by atoms with Gasteiger partial charge in [-0.3, -0.25) is 4.98 Å². The molecule has 130 valence electrons. The first-order chi connectivity index (χ1) is 12.6. The molecule has 0 spiro atoms. The van der Waals surface area contributed by atoms with Gasteiger partial charge in [-0.2, -0.15) is 0 Å². The van der Waals surface area contributed by atoms with Crippen molar-refractivity contribution in [1.29, 1.82) is 0 Å². The molecular formula is C21H21N5. The molecule has 0 atom stereocenters. The zero-order valence-electron chi connectivity index (χ0n) is 15.2. The third kappa shape index (κ3) is 3.04. The smallest absolute Gasteiger partial charge is 0.162 e. The summed E-state index contributed by atoms with van der Waals surface area (Å²) in [6, 6.07) is 12.2. The lowest BCUT2D eigenvalue weighted by Crippen LogP contribution is -2.00. The van der Waals surface area contributed by atoms with Gasteiger partial charge in [0.05, 0.1) is 5.52 Å². The van der Waals surface area contributed by atoms with Gasteiger partial charge in [-0.1, -0.05) is 13.0 Å². The maximum Gasteiger partial charge on any atom is 0.162 e. The van der Waals surface area contributed by atoms with Crippen molar-refractivity contribution < 1.29 is 0 Å². The van der Waals surface area contributed by atoms with Crippen molar-refractivity contribution >= 4 is 22.5 Å². The molecule has 0 bridgehead atoms. The standard InChI is InChI=1S/C21H21N5/c1-4-17-14(3)12-19(23-17)25-21-16-6-5-13(2)11-18(16)24-20(26-21)15-7-9-22-10-8-15/h5-12,23H,4H2,1-3H3,(H,24,25,26). The van der Waals surface area contributed by atoms with Crippen molar-refractivity contribution in [2.24, 2.45) is 0 Å². The molecule has 0 aliphatic heterocycles. The third-order valence-electron chi connectivity index (χ3n) is 4.52. The van der Waals surface area contributed by atoms with Crippen LogP contribution in [-0.2, 0) is 6.42 Å². The van der Waals surface area contributed by atoms with Gasteiger partial charge in [-0.05, 0) is 61.7 Å². The quantitative estimate of drug-likeness (QED) is 0.550. The summed E-state index contributed by atoms with van der Waals surface area (Å²) in [7, 11) is 0. The molecule has 0 amide bonds. The molecule has 4 rings (SSSR count). The van der Waals surface area contributed by atoms with Gasteiger partial charge in [0.2, 0.25) is 0 Å². The SMILES string of the molecule is CCc1[nH]c(Nc2nc(-c3ccncc3)nc3cc(C)ccc23)cc1C. The van der Waals surface area contributed by atoms with Crippen molar-refractivity contribution in [3.8, 4) is 11.4 Å². The topological polar surface area (TPSA) is 66.5 Å². The molecule has 0 aliphatic carbocycles. The monoisotopic (exact) mass is 343 g/mol. The molecule has 0 aliphatic rings. The van der Waals surface area contributed by atoms with Crippen LogP contribution in [0.4, 0.5) is 11.6 Å². The Kier molecular flexibility index (Phi) is 4.13. The van der Waals surface area contributed by atoms with Gasteiger partial charge in [-0.15, -0.1) is 0 Å². The molecule has 3 heterocycles. The number of rotatable bonds is 4. The van der Waals surface area contributed by atoms with Gasteiger partial charge in [-0.25, -0.2) is 9.97 Å². The number of H-pyrrole nitrogens is 1. The van der Waals surface area contributed by atoms with Crippen LogP contribution in [0.5, 0.6) is 0 Å². The number of nitrogens with one attached hydrogen (secondary N) is 2. The van der Waals surface area contributed by atoms with Gasteiger partial charge in [0.15, 0.2) is 5.82 Å². The van der Waals surface area contributed by atoms with E-state index in [-0.39, 0.29) is 0 Å². The maximum atomic E-state index is 4.79. The number of benzene rings is 1. The Balaban J connectivity index is 1.86. The van der Waals surface area contributed by atoms with E-state index in [4.69, 9.17) is 9.97 Å². The van der Waals surface area contributed by atoms with Gasteiger partial charge >= 0.3 is 0 Å². The summed E-state index contributed by atoms with van der Waals surface area (Å²) in [5.41, 5.74) is 5.53. The number of nitrogens with zero attached hydrogens (tertiary/aromatic N) is 3. The Bertz CT molecular complexity index is 1070. The molecule has 26 heavy (non-hydrogen) atoms. The van der Waals surface area contributed by atoms with Crippen LogP contribution in [0.15, 0.2) is 48.8 Å². The molecule has 1 aromatic carbocycles. The largest absolute Gasteiger partial charge is 0.345 e. The molecule has 2 N–H and O–H groups in total. The van der Waals surface area contributed by atoms with Crippen LogP contribution in [0.2, 0.25) is 0 Å². The van der Waals surface area contributed by atoms with E-state index in [0.29, 0.717) is 5.82 Å². The minimum Gasteiger partial charge on any atom is -0.345 e. The lowest BCUT2D eigenvalue weighted by atomic mass is 10.1. The number of fused-ring (bicyclic) bond motifs is 1. The van der Waals surface area contributed by atoms with Crippen LogP contribution >= 0.6 is 0 Å².